The summed E-state index contributed by atoms with van der Waals surface area (Å²) in [6, 6.07) is 3.69. The SMILES string of the molecule is CN/C(=C\[N+](=O)[O-])NCc1nc(-c2ccc(CN(C)C)o2)n[nH]1. The first kappa shape index (κ1) is 16.5. The van der Waals surface area contributed by atoms with Crippen LogP contribution in [0.1, 0.15) is 11.6 Å². The highest BCUT2D eigenvalue weighted by atomic mass is 16.6. The number of rotatable bonds is 8. The Morgan fingerprint density at radius 3 is 2.96 bits per heavy atom. The number of aromatic nitrogens is 3. The molecule has 124 valence electrons. The van der Waals surface area contributed by atoms with Crippen molar-refractivity contribution in [1.82, 2.24) is 30.7 Å². The van der Waals surface area contributed by atoms with Gasteiger partial charge in [0.1, 0.15) is 11.6 Å². The summed E-state index contributed by atoms with van der Waals surface area (Å²) in [5.74, 6) is 2.64. The summed E-state index contributed by atoms with van der Waals surface area (Å²) in [5, 5.41) is 22.8. The van der Waals surface area contributed by atoms with E-state index in [0.717, 1.165) is 12.0 Å². The molecule has 0 bridgehead atoms. The van der Waals surface area contributed by atoms with E-state index in [2.05, 4.69) is 25.8 Å². The molecule has 3 N–H and O–H groups in total. The number of furan rings is 1. The first-order valence-corrected chi connectivity index (χ1v) is 6.90. The van der Waals surface area contributed by atoms with Gasteiger partial charge in [-0.15, -0.1) is 5.10 Å². The molecule has 0 aliphatic carbocycles. The Bertz CT molecular complexity index is 689. The fourth-order valence-electron chi connectivity index (χ4n) is 1.86. The molecule has 10 heteroatoms. The number of nitro groups is 1. The number of hydrogen-bond donors (Lipinski definition) is 3. The van der Waals surface area contributed by atoms with Gasteiger partial charge in [0.05, 0.1) is 18.0 Å². The van der Waals surface area contributed by atoms with Gasteiger partial charge in [-0.05, 0) is 26.2 Å². The van der Waals surface area contributed by atoms with Crippen LogP contribution in [0.5, 0.6) is 0 Å². The van der Waals surface area contributed by atoms with E-state index >= 15 is 0 Å². The average molecular weight is 321 g/mol. The number of nitrogens with one attached hydrogen (secondary N) is 3. The minimum atomic E-state index is -0.542. The molecule has 0 aliphatic heterocycles. The molecule has 2 rings (SSSR count). The summed E-state index contributed by atoms with van der Waals surface area (Å²) >= 11 is 0. The number of H-pyrrole nitrogens is 1. The van der Waals surface area contributed by atoms with Crippen molar-refractivity contribution < 1.29 is 9.34 Å². The topological polar surface area (TPSA) is 125 Å². The van der Waals surface area contributed by atoms with Gasteiger partial charge in [0.15, 0.2) is 11.6 Å². The third-order valence-corrected chi connectivity index (χ3v) is 2.84. The van der Waals surface area contributed by atoms with Crippen LogP contribution in [-0.4, -0.2) is 46.1 Å². The first-order chi connectivity index (χ1) is 11.0. The van der Waals surface area contributed by atoms with Crippen LogP contribution in [0.4, 0.5) is 0 Å². The highest BCUT2D eigenvalue weighted by Gasteiger charge is 2.11. The molecule has 0 amide bonds. The van der Waals surface area contributed by atoms with Crippen molar-refractivity contribution in [3.05, 3.63) is 45.9 Å². The molecule has 0 radical (unpaired) electrons. The average Bonchev–Trinajstić information content (AvgIpc) is 3.11. The molecule has 2 heterocycles. The van der Waals surface area contributed by atoms with Gasteiger partial charge in [-0.2, -0.15) is 0 Å². The lowest BCUT2D eigenvalue weighted by Crippen LogP contribution is -2.24. The molecular weight excluding hydrogens is 302 g/mol. The zero-order chi connectivity index (χ0) is 16.8. The van der Waals surface area contributed by atoms with Gasteiger partial charge in [-0.1, -0.05) is 0 Å². The maximum Gasteiger partial charge on any atom is 0.274 e. The van der Waals surface area contributed by atoms with Crippen LogP contribution in [0.2, 0.25) is 0 Å². The highest BCUT2D eigenvalue weighted by Crippen LogP contribution is 2.19. The second-order valence-corrected chi connectivity index (χ2v) is 5.04. The monoisotopic (exact) mass is 321 g/mol. The van der Waals surface area contributed by atoms with Crippen LogP contribution in [0, 0.1) is 10.1 Å². The Morgan fingerprint density at radius 2 is 2.30 bits per heavy atom. The molecule has 0 unspecified atom stereocenters. The summed E-state index contributed by atoms with van der Waals surface area (Å²) in [6.45, 7) is 0.953. The van der Waals surface area contributed by atoms with Crippen molar-refractivity contribution >= 4 is 0 Å². The van der Waals surface area contributed by atoms with Gasteiger partial charge in [0.2, 0.25) is 5.82 Å². The van der Waals surface area contributed by atoms with Crippen LogP contribution < -0.4 is 10.6 Å². The third-order valence-electron chi connectivity index (χ3n) is 2.84. The van der Waals surface area contributed by atoms with Crippen molar-refractivity contribution in [3.63, 3.8) is 0 Å². The lowest BCUT2D eigenvalue weighted by molar-refractivity contribution is -0.404. The Kier molecular flexibility index (Phi) is 5.31. The summed E-state index contributed by atoms with van der Waals surface area (Å²) in [5.41, 5.74) is 0. The van der Waals surface area contributed by atoms with Crippen LogP contribution in [0.25, 0.3) is 11.6 Å². The van der Waals surface area contributed by atoms with Gasteiger partial charge in [0, 0.05) is 7.05 Å². The lowest BCUT2D eigenvalue weighted by Gasteiger charge is -2.05. The maximum atomic E-state index is 10.4. The molecule has 2 aromatic rings. The Labute approximate surface area is 132 Å². The second kappa shape index (κ2) is 7.40. The smallest absolute Gasteiger partial charge is 0.274 e. The Balaban J connectivity index is 2.00. The molecule has 0 spiro atoms. The Hall–Kier alpha value is -2.88. The zero-order valence-electron chi connectivity index (χ0n) is 13.2. The standard InChI is InChI=1S/C13H19N7O3/c1-14-12(8-20(21)22)15-6-11-16-13(18-17-11)10-5-4-9(23-10)7-19(2)3/h4-5,8,14-15H,6-7H2,1-3H3,(H,16,17,18)/b12-8+. The number of hydrogen-bond acceptors (Lipinski definition) is 8. The zero-order valence-corrected chi connectivity index (χ0v) is 13.2. The molecule has 0 fully saturated rings. The first-order valence-electron chi connectivity index (χ1n) is 6.90. The molecule has 23 heavy (non-hydrogen) atoms. The van der Waals surface area contributed by atoms with Gasteiger partial charge in [-0.3, -0.25) is 15.2 Å². The van der Waals surface area contributed by atoms with Crippen molar-refractivity contribution in [2.75, 3.05) is 21.1 Å². The lowest BCUT2D eigenvalue weighted by atomic mass is 10.4. The maximum absolute atomic E-state index is 10.4. The summed E-state index contributed by atoms with van der Waals surface area (Å²) in [4.78, 5) is 16.2. The van der Waals surface area contributed by atoms with Gasteiger partial charge < -0.3 is 20.0 Å². The summed E-state index contributed by atoms with van der Waals surface area (Å²) in [7, 11) is 5.50. The van der Waals surface area contributed by atoms with E-state index in [1.54, 1.807) is 7.05 Å². The molecule has 0 saturated heterocycles. The fraction of sp³-hybridized carbons (Fsp3) is 0.385. The van der Waals surface area contributed by atoms with Gasteiger partial charge in [-0.25, -0.2) is 4.98 Å². The van der Waals surface area contributed by atoms with E-state index in [-0.39, 0.29) is 12.4 Å². The molecule has 0 aliphatic rings. The van der Waals surface area contributed by atoms with E-state index in [4.69, 9.17) is 4.42 Å². The fourth-order valence-corrected chi connectivity index (χ4v) is 1.86. The van der Waals surface area contributed by atoms with Crippen LogP contribution >= 0.6 is 0 Å². The van der Waals surface area contributed by atoms with E-state index in [0.29, 0.717) is 24.0 Å². The number of nitrogens with zero attached hydrogens (tertiary/aromatic N) is 4. The molecule has 10 nitrogen and oxygen atoms in total. The van der Waals surface area contributed by atoms with Crippen LogP contribution in [0.15, 0.2) is 28.6 Å². The largest absolute Gasteiger partial charge is 0.456 e. The third kappa shape index (κ3) is 4.81. The number of aromatic amines is 1. The van der Waals surface area contributed by atoms with E-state index in [9.17, 15) is 10.1 Å². The van der Waals surface area contributed by atoms with Crippen molar-refractivity contribution in [2.24, 2.45) is 0 Å². The van der Waals surface area contributed by atoms with Crippen molar-refractivity contribution in [3.8, 4) is 11.6 Å². The minimum absolute atomic E-state index is 0.263. The van der Waals surface area contributed by atoms with Crippen LogP contribution in [-0.2, 0) is 13.1 Å². The normalized spacial score (nSPS) is 11.7. The molecular formula is C13H19N7O3. The quantitative estimate of drug-likeness (QED) is 0.474. The molecule has 0 atom stereocenters. The van der Waals surface area contributed by atoms with E-state index in [1.165, 1.54) is 0 Å². The summed E-state index contributed by atoms with van der Waals surface area (Å²) < 4.78 is 5.67. The second-order valence-electron chi connectivity index (χ2n) is 5.04. The highest BCUT2D eigenvalue weighted by molar-refractivity contribution is 5.46. The predicted molar refractivity (Wildman–Crippen MR) is 82.5 cm³/mol. The Morgan fingerprint density at radius 1 is 1.52 bits per heavy atom. The van der Waals surface area contributed by atoms with Crippen molar-refractivity contribution in [2.45, 2.75) is 13.1 Å². The van der Waals surface area contributed by atoms with E-state index < -0.39 is 4.92 Å². The van der Waals surface area contributed by atoms with Gasteiger partial charge >= 0.3 is 0 Å². The molecule has 0 saturated carbocycles. The minimum Gasteiger partial charge on any atom is -0.456 e. The van der Waals surface area contributed by atoms with E-state index in [1.807, 2.05) is 31.1 Å². The molecule has 2 aromatic heterocycles. The van der Waals surface area contributed by atoms with Crippen molar-refractivity contribution in [1.29, 1.82) is 0 Å². The molecule has 0 aromatic carbocycles. The van der Waals surface area contributed by atoms with Crippen LogP contribution in [0.3, 0.4) is 0 Å². The predicted octanol–water partition coefficient (Wildman–Crippen LogP) is 0.511. The van der Waals surface area contributed by atoms with Gasteiger partial charge in [0.25, 0.3) is 6.20 Å². The summed E-state index contributed by atoms with van der Waals surface area (Å²) in [6.07, 6.45) is 0.845.